The first kappa shape index (κ1) is 31.0. The Kier molecular flexibility index (Phi) is 12.9. The molecule has 41 heavy (non-hydrogen) atoms. The van der Waals surface area contributed by atoms with E-state index in [1.54, 1.807) is 10.6 Å². The summed E-state index contributed by atoms with van der Waals surface area (Å²) in [5, 5.41) is 3.20. The van der Waals surface area contributed by atoms with Crippen LogP contribution in [0.1, 0.15) is 22.3 Å². The number of hydrogen-bond donors (Lipinski definition) is 0. The van der Waals surface area contributed by atoms with Gasteiger partial charge in [-0.05, 0) is 46.9 Å². The van der Waals surface area contributed by atoms with Crippen LogP contribution in [0, 0.1) is 0 Å². The summed E-state index contributed by atoms with van der Waals surface area (Å²) in [7, 11) is -0.715. The van der Waals surface area contributed by atoms with Gasteiger partial charge in [-0.15, -0.1) is 18.5 Å². The van der Waals surface area contributed by atoms with Crippen molar-refractivity contribution in [3.63, 3.8) is 0 Å². The summed E-state index contributed by atoms with van der Waals surface area (Å²) < 4.78 is 0. The maximum Gasteiger partial charge on any atom is 0 e. The molecule has 3 heteroatoms. The van der Waals surface area contributed by atoms with Crippen molar-refractivity contribution in [3.05, 3.63) is 192 Å². The van der Waals surface area contributed by atoms with Crippen LogP contribution in [0.25, 0.3) is 0 Å². The van der Waals surface area contributed by atoms with Crippen molar-refractivity contribution in [2.75, 3.05) is 0 Å². The molecule has 6 aromatic carbocycles. The van der Waals surface area contributed by atoms with Gasteiger partial charge in [-0.1, -0.05) is 129 Å². The van der Waals surface area contributed by atoms with E-state index in [0.717, 1.165) is 24.6 Å². The van der Waals surface area contributed by atoms with Crippen LogP contribution in [0.2, 0.25) is 0 Å². The molecule has 0 heterocycles. The van der Waals surface area contributed by atoms with Crippen LogP contribution in [0.3, 0.4) is 0 Å². The minimum Gasteiger partial charge on any atom is -0.748 e. The second-order valence-electron chi connectivity index (χ2n) is 9.91. The number of rotatable bonds is 10. The third-order valence-corrected chi connectivity index (χ3v) is 12.2. The van der Waals surface area contributed by atoms with Crippen LogP contribution in [0.4, 0.5) is 0 Å². The normalized spacial score (nSPS) is 10.6. The third kappa shape index (κ3) is 9.84. The summed E-state index contributed by atoms with van der Waals surface area (Å²) >= 11 is 0. The van der Waals surface area contributed by atoms with Crippen LogP contribution < -0.4 is 10.6 Å². The Morgan fingerprint density at radius 1 is 0.415 bits per heavy atom. The molecule has 0 aliphatic heterocycles. The van der Waals surface area contributed by atoms with E-state index in [9.17, 15) is 0 Å². The molecule has 0 N–H and O–H groups in total. The maximum absolute atomic E-state index is 2.43. The van der Waals surface area contributed by atoms with Crippen LogP contribution in [-0.4, -0.2) is 0 Å². The molecule has 6 rings (SSSR count). The monoisotopic (exact) mass is 656 g/mol. The zero-order valence-electron chi connectivity index (χ0n) is 23.2. The smallest absolute Gasteiger partial charge is 0 e. The van der Waals surface area contributed by atoms with E-state index < -0.39 is 0 Å². The van der Waals surface area contributed by atoms with Crippen molar-refractivity contribution in [2.45, 2.75) is 24.6 Å². The molecule has 0 aliphatic carbocycles. The topological polar surface area (TPSA) is 0 Å². The molecule has 0 aliphatic rings. The Balaban J connectivity index is 0.000000584. The second-order valence-corrected chi connectivity index (χ2v) is 14.3. The summed E-state index contributed by atoms with van der Waals surface area (Å²) in [5.74, 6) is 0. The largest absolute Gasteiger partial charge is 0.748 e. The summed E-state index contributed by atoms with van der Waals surface area (Å²) in [4.78, 5) is 0. The Labute approximate surface area is 261 Å². The van der Waals surface area contributed by atoms with Gasteiger partial charge < -0.3 is 30.3 Å². The van der Waals surface area contributed by atoms with Crippen LogP contribution in [-0.2, 0) is 44.1 Å². The molecule has 212 valence electrons. The molecule has 0 saturated heterocycles. The standard InChI is InChI=1S/C33H31P2.C5H5.Ru/c1-5-14-28(15-6-1)24-34(25-29-16-7-2-8-17-29)32-22-13-23-33(32)35(26-30-18-9-3-10-19-30)27-31-20-11-4-12-21-31;1-2-4-5-3-1;/h1-23H,24-27H2;1-5H;/q-1;-5;. The fourth-order valence-corrected chi connectivity index (χ4v) is 10.7. The van der Waals surface area contributed by atoms with Gasteiger partial charge in [-0.3, -0.25) is 0 Å². The average molecular weight is 656 g/mol. The van der Waals surface area contributed by atoms with Crippen molar-refractivity contribution in [1.82, 2.24) is 0 Å². The van der Waals surface area contributed by atoms with Crippen molar-refractivity contribution >= 4 is 26.5 Å². The SMILES string of the molecule is [Ru].[cH-]1[cH-][cH-][cH-][cH-]1.c1ccc(CP(Cc2ccccc2)c2ccc[c-]2P(Cc2ccccc2)Cc2ccccc2)cc1. The summed E-state index contributed by atoms with van der Waals surface area (Å²) in [6, 6.07) is 61.4. The molecule has 0 unspecified atom stereocenters. The van der Waals surface area contributed by atoms with E-state index in [1.165, 1.54) is 22.3 Å². The molecule has 0 spiro atoms. The predicted octanol–water partition coefficient (Wildman–Crippen LogP) is 9.82. The molecule has 6 aromatic rings. The average Bonchev–Trinajstić information content (AvgIpc) is 3.75. The van der Waals surface area contributed by atoms with Crippen LogP contribution in [0.5, 0.6) is 0 Å². The van der Waals surface area contributed by atoms with E-state index in [2.05, 4.69) is 140 Å². The summed E-state index contributed by atoms with van der Waals surface area (Å²) in [6.07, 6.45) is 4.51. The Bertz CT molecular complexity index is 1280. The maximum atomic E-state index is 2.43. The van der Waals surface area contributed by atoms with Crippen molar-refractivity contribution in [3.8, 4) is 0 Å². The predicted molar refractivity (Wildman–Crippen MR) is 178 cm³/mol. The molecular formula is C38H36P2Ru-6. The molecule has 0 aromatic heterocycles. The summed E-state index contributed by atoms with van der Waals surface area (Å²) in [5.41, 5.74) is 5.77. The first-order chi connectivity index (χ1) is 19.8. The van der Waals surface area contributed by atoms with Crippen molar-refractivity contribution in [2.24, 2.45) is 0 Å². The van der Waals surface area contributed by atoms with Gasteiger partial charge in [-0.25, -0.2) is 12.1 Å². The summed E-state index contributed by atoms with van der Waals surface area (Å²) in [6.45, 7) is 0. The van der Waals surface area contributed by atoms with Crippen molar-refractivity contribution in [1.29, 1.82) is 0 Å². The van der Waals surface area contributed by atoms with Crippen LogP contribution in [0.15, 0.2) is 170 Å². The van der Waals surface area contributed by atoms with Gasteiger partial charge in [0.25, 0.3) is 0 Å². The van der Waals surface area contributed by atoms with Gasteiger partial charge >= 0.3 is 0 Å². The van der Waals surface area contributed by atoms with Gasteiger partial charge in [-0.2, -0.15) is 6.07 Å². The Hall–Kier alpha value is -2.94. The zero-order chi connectivity index (χ0) is 27.2. The Morgan fingerprint density at radius 3 is 1.12 bits per heavy atom. The molecule has 0 amide bonds. The molecule has 0 nitrogen and oxygen atoms in total. The molecule has 0 saturated carbocycles. The first-order valence-electron chi connectivity index (χ1n) is 13.9. The molecule has 0 bridgehead atoms. The molecular weight excluding hydrogens is 619 g/mol. The minimum absolute atomic E-state index is 0. The molecule has 0 atom stereocenters. The van der Waals surface area contributed by atoms with Crippen LogP contribution >= 0.6 is 15.8 Å². The van der Waals surface area contributed by atoms with Gasteiger partial charge in [0.05, 0.1) is 0 Å². The van der Waals surface area contributed by atoms with Gasteiger partial charge in [0.2, 0.25) is 0 Å². The molecule has 0 radical (unpaired) electrons. The first-order valence-corrected chi connectivity index (χ1v) is 17.4. The van der Waals surface area contributed by atoms with E-state index in [0.29, 0.717) is 0 Å². The number of hydrogen-bond acceptors (Lipinski definition) is 0. The van der Waals surface area contributed by atoms with E-state index in [1.807, 2.05) is 30.3 Å². The van der Waals surface area contributed by atoms with Gasteiger partial charge in [0.1, 0.15) is 0 Å². The Morgan fingerprint density at radius 2 is 0.756 bits per heavy atom. The van der Waals surface area contributed by atoms with Gasteiger partial charge in [0.15, 0.2) is 0 Å². The quantitative estimate of drug-likeness (QED) is 0.0783. The van der Waals surface area contributed by atoms with Crippen molar-refractivity contribution < 1.29 is 19.5 Å². The number of benzene rings is 4. The second kappa shape index (κ2) is 17.1. The zero-order valence-corrected chi connectivity index (χ0v) is 26.8. The van der Waals surface area contributed by atoms with E-state index >= 15 is 0 Å². The fourth-order valence-electron chi connectivity index (χ4n) is 4.92. The third-order valence-electron chi connectivity index (χ3n) is 6.87. The fraction of sp³-hybridized carbons (Fsp3) is 0.105. The molecule has 0 fully saturated rings. The van der Waals surface area contributed by atoms with Gasteiger partial charge in [0, 0.05) is 19.5 Å². The van der Waals surface area contributed by atoms with E-state index in [-0.39, 0.29) is 35.3 Å². The minimum atomic E-state index is -0.358. The van der Waals surface area contributed by atoms with E-state index in [4.69, 9.17) is 0 Å².